The van der Waals surface area contributed by atoms with Gasteiger partial charge in [-0.2, -0.15) is 4.21 Å². The van der Waals surface area contributed by atoms with Crippen molar-refractivity contribution >= 4 is 44.4 Å². The number of hydrogen-bond donors (Lipinski definition) is 1. The topological polar surface area (TPSA) is 98.8 Å². The van der Waals surface area contributed by atoms with E-state index in [1.807, 2.05) is 6.92 Å². The lowest BCUT2D eigenvalue weighted by Crippen LogP contribution is -2.48. The van der Waals surface area contributed by atoms with Gasteiger partial charge < -0.3 is 5.32 Å². The highest BCUT2D eigenvalue weighted by molar-refractivity contribution is 7.92. The number of anilines is 1. The first-order chi connectivity index (χ1) is 16.9. The zero-order valence-corrected chi connectivity index (χ0v) is 21.2. The Morgan fingerprint density at radius 3 is 2.47 bits per heavy atom. The van der Waals surface area contributed by atoms with Crippen LogP contribution < -0.4 is 5.32 Å². The van der Waals surface area contributed by atoms with Crippen molar-refractivity contribution in [3.05, 3.63) is 58.4 Å². The molecule has 1 aliphatic heterocycles. The van der Waals surface area contributed by atoms with Crippen LogP contribution >= 0.6 is 11.6 Å². The number of amides is 1. The molecule has 1 saturated heterocycles. The Labute approximate surface area is 213 Å². The van der Waals surface area contributed by atoms with Gasteiger partial charge in [0, 0.05) is 23.4 Å². The van der Waals surface area contributed by atoms with Crippen molar-refractivity contribution in [3.8, 4) is 0 Å². The number of hydrogen-bond acceptors (Lipinski definition) is 6. The third-order valence-corrected chi connectivity index (χ3v) is 10.9. The Bertz CT molecular complexity index is 1370. The molecule has 6 atom stereocenters. The van der Waals surface area contributed by atoms with Crippen LogP contribution in [-0.4, -0.2) is 36.0 Å². The molecule has 2 aliphatic carbocycles. The molecular formula is C23H21ClF3NO6S2. The zero-order valence-electron chi connectivity index (χ0n) is 18.8. The van der Waals surface area contributed by atoms with Crippen molar-refractivity contribution < 1.29 is 39.0 Å². The zero-order chi connectivity index (χ0) is 26.0. The maximum Gasteiger partial charge on any atom is 0.305 e. The fourth-order valence-electron chi connectivity index (χ4n) is 5.82. The molecule has 0 radical (unpaired) electrons. The van der Waals surface area contributed by atoms with Gasteiger partial charge in [-0.3, -0.25) is 13.2 Å². The van der Waals surface area contributed by atoms with Crippen molar-refractivity contribution in [1.29, 1.82) is 0 Å². The molecule has 1 N–H and O–H groups in total. The smallest absolute Gasteiger partial charge is 0.305 e. The highest BCUT2D eigenvalue weighted by Gasteiger charge is 2.60. The Morgan fingerprint density at radius 2 is 1.86 bits per heavy atom. The minimum absolute atomic E-state index is 0.0558. The quantitative estimate of drug-likeness (QED) is 0.547. The van der Waals surface area contributed by atoms with Crippen molar-refractivity contribution in [2.24, 2.45) is 17.8 Å². The van der Waals surface area contributed by atoms with E-state index < -0.39 is 55.4 Å². The number of carbonyl (C=O) groups is 1. The lowest BCUT2D eigenvalue weighted by molar-refractivity contribution is 0.0242. The molecule has 2 bridgehead atoms. The summed E-state index contributed by atoms with van der Waals surface area (Å²) in [5.74, 6) is -6.03. The van der Waals surface area contributed by atoms with Gasteiger partial charge in [0.1, 0.15) is 5.60 Å². The maximum absolute atomic E-state index is 13.9. The molecule has 5 rings (SSSR count). The summed E-state index contributed by atoms with van der Waals surface area (Å²) in [4.78, 5) is 12.5. The molecule has 0 aromatic heterocycles. The summed E-state index contributed by atoms with van der Waals surface area (Å²) in [5.41, 5.74) is -1.24. The third-order valence-electron chi connectivity index (χ3n) is 7.30. The van der Waals surface area contributed by atoms with Crippen LogP contribution in [0.2, 0.25) is 5.02 Å². The van der Waals surface area contributed by atoms with Gasteiger partial charge in [-0.25, -0.2) is 21.6 Å². The number of halogens is 4. The van der Waals surface area contributed by atoms with E-state index in [4.69, 9.17) is 20.0 Å². The molecule has 13 heteroatoms. The van der Waals surface area contributed by atoms with Crippen LogP contribution in [0.15, 0.2) is 35.2 Å². The Kier molecular flexibility index (Phi) is 6.47. The van der Waals surface area contributed by atoms with E-state index in [0.717, 1.165) is 6.07 Å². The minimum Gasteiger partial charge on any atom is -0.322 e. The van der Waals surface area contributed by atoms with Crippen LogP contribution in [0.4, 0.5) is 18.9 Å². The monoisotopic (exact) mass is 563 g/mol. The standard InChI is InChI=1S/C23H21ClF3NO6S2/c1-11-4-13-8-23(10-33-35(30)34-23)9-15(11)21(13)36(31,32)19-5-12(2-3-16(19)24)22(29)28-14-6-17(25)20(27)18(26)7-14/h2-3,5-7,11,13,15,21H,4,8-10H2,1H3,(H,28,29)/t11-,13-,15?,21?,23?,35?/m0/s1. The van der Waals surface area contributed by atoms with Crippen molar-refractivity contribution in [3.63, 3.8) is 0 Å². The average molecular weight is 564 g/mol. The molecule has 36 heavy (non-hydrogen) atoms. The van der Waals surface area contributed by atoms with Crippen molar-refractivity contribution in [2.75, 3.05) is 11.9 Å². The summed E-state index contributed by atoms with van der Waals surface area (Å²) in [6.45, 7) is 2.10. The van der Waals surface area contributed by atoms with Gasteiger partial charge in [0.2, 0.25) is 0 Å². The van der Waals surface area contributed by atoms with Gasteiger partial charge >= 0.3 is 11.4 Å². The highest BCUT2D eigenvalue weighted by Crippen LogP contribution is 2.56. The van der Waals surface area contributed by atoms with Crippen LogP contribution in [-0.2, 0) is 29.6 Å². The van der Waals surface area contributed by atoms with E-state index >= 15 is 0 Å². The Hall–Kier alpha value is -1.99. The van der Waals surface area contributed by atoms with Crippen LogP contribution in [0.25, 0.3) is 0 Å². The van der Waals surface area contributed by atoms with Crippen LogP contribution in [0.3, 0.4) is 0 Å². The predicted molar refractivity (Wildman–Crippen MR) is 125 cm³/mol. The molecule has 1 spiro atoms. The predicted octanol–water partition coefficient (Wildman–Crippen LogP) is 4.58. The summed E-state index contributed by atoms with van der Waals surface area (Å²) in [7, 11) is -4.02. The van der Waals surface area contributed by atoms with Crippen molar-refractivity contribution in [1.82, 2.24) is 0 Å². The fourth-order valence-corrected chi connectivity index (χ4v) is 9.56. The van der Waals surface area contributed by atoms with E-state index in [1.165, 1.54) is 12.1 Å². The van der Waals surface area contributed by atoms with E-state index in [1.54, 1.807) is 0 Å². The van der Waals surface area contributed by atoms with Gasteiger partial charge in [-0.1, -0.05) is 18.5 Å². The lowest BCUT2D eigenvalue weighted by Gasteiger charge is -2.39. The molecule has 3 fully saturated rings. The summed E-state index contributed by atoms with van der Waals surface area (Å²) < 4.78 is 90.3. The number of nitrogens with one attached hydrogen (secondary N) is 1. The number of benzene rings is 2. The molecular weight excluding hydrogens is 543 g/mol. The molecule has 1 heterocycles. The van der Waals surface area contributed by atoms with Gasteiger partial charge in [0.15, 0.2) is 27.3 Å². The van der Waals surface area contributed by atoms with Gasteiger partial charge in [0.05, 0.1) is 21.8 Å². The van der Waals surface area contributed by atoms with Gasteiger partial charge in [0.25, 0.3) is 5.91 Å². The van der Waals surface area contributed by atoms with Crippen molar-refractivity contribution in [2.45, 2.75) is 41.9 Å². The first-order valence-electron chi connectivity index (χ1n) is 11.1. The molecule has 2 aromatic rings. The number of fused-ring (bicyclic) bond motifs is 2. The van der Waals surface area contributed by atoms with E-state index in [0.29, 0.717) is 31.4 Å². The second-order valence-corrected chi connectivity index (χ2v) is 12.9. The molecule has 2 aromatic carbocycles. The largest absolute Gasteiger partial charge is 0.322 e. The van der Waals surface area contributed by atoms with E-state index in [2.05, 4.69) is 5.32 Å². The summed E-state index contributed by atoms with van der Waals surface area (Å²) >= 11 is 4.42. The lowest BCUT2D eigenvalue weighted by atomic mass is 9.76. The fraction of sp³-hybridized carbons (Fsp3) is 0.435. The second kappa shape index (κ2) is 9.09. The minimum atomic E-state index is -4.02. The normalized spacial score (nSPS) is 31.6. The highest BCUT2D eigenvalue weighted by atomic mass is 35.5. The number of sulfone groups is 1. The van der Waals surface area contributed by atoms with E-state index in [-0.39, 0.29) is 45.5 Å². The SMILES string of the molecule is C[C@H]1C[C@H]2CC3(COS(=O)O3)CC1C2S(=O)(=O)c1cc(C(=O)Nc2cc(F)c(F)c(F)c2)ccc1Cl. The number of carbonyl (C=O) groups excluding carboxylic acids is 1. The summed E-state index contributed by atoms with van der Waals surface area (Å²) in [6, 6.07) is 4.90. The van der Waals surface area contributed by atoms with Crippen LogP contribution in [0.1, 0.15) is 36.5 Å². The van der Waals surface area contributed by atoms with E-state index in [9.17, 15) is 30.6 Å². The molecule has 194 valence electrons. The molecule has 3 aliphatic rings. The molecule has 2 saturated carbocycles. The summed E-state index contributed by atoms with van der Waals surface area (Å²) in [6.07, 6.45) is 1.36. The van der Waals surface area contributed by atoms with Crippen LogP contribution in [0, 0.1) is 35.2 Å². The van der Waals surface area contributed by atoms with Gasteiger partial charge in [-0.05, 0) is 55.2 Å². The van der Waals surface area contributed by atoms with Crippen LogP contribution in [0.5, 0.6) is 0 Å². The Morgan fingerprint density at radius 1 is 1.17 bits per heavy atom. The molecule has 7 nitrogen and oxygen atoms in total. The Balaban J connectivity index is 1.44. The van der Waals surface area contributed by atoms with Gasteiger partial charge in [-0.15, -0.1) is 0 Å². The molecule has 4 unspecified atom stereocenters. The first-order valence-corrected chi connectivity index (χ1v) is 14.1. The maximum atomic E-state index is 13.9. The second-order valence-electron chi connectivity index (χ2n) is 9.64. The molecule has 1 amide bonds. The first kappa shape index (κ1) is 25.7. The summed E-state index contributed by atoms with van der Waals surface area (Å²) in [5, 5.41) is 1.38. The average Bonchev–Trinajstić information content (AvgIpc) is 3.26. The third kappa shape index (κ3) is 4.36. The number of rotatable bonds is 4.